The maximum Gasteiger partial charge on any atom is 0.0772 e. The van der Waals surface area contributed by atoms with Gasteiger partial charge in [-0.05, 0) is 112 Å². The Morgan fingerprint density at radius 3 is 1.85 bits per heavy atom. The molecular weight excluding hydrogens is 655 g/mol. The molecular formula is C51H45N3. The van der Waals surface area contributed by atoms with Crippen molar-refractivity contribution in [2.45, 2.75) is 43.3 Å². The molecule has 0 saturated heterocycles. The number of aryl methyl sites for hydroxylation is 1. The van der Waals surface area contributed by atoms with E-state index in [4.69, 9.17) is 6.58 Å². The van der Waals surface area contributed by atoms with Crippen LogP contribution >= 0.6 is 0 Å². The fourth-order valence-electron chi connectivity index (χ4n) is 8.98. The molecule has 0 amide bonds. The minimum Gasteiger partial charge on any atom is -0.363 e. The van der Waals surface area contributed by atoms with Gasteiger partial charge in [0.15, 0.2) is 0 Å². The van der Waals surface area contributed by atoms with Gasteiger partial charge in [-0.1, -0.05) is 129 Å². The molecule has 0 aliphatic carbocycles. The van der Waals surface area contributed by atoms with E-state index in [1.54, 1.807) is 0 Å². The van der Waals surface area contributed by atoms with E-state index in [1.807, 2.05) is 12.2 Å². The van der Waals surface area contributed by atoms with Crippen molar-refractivity contribution >= 4 is 29.2 Å². The molecule has 0 spiro atoms. The maximum absolute atomic E-state index is 4.76. The molecule has 3 heteroatoms. The number of allylic oxidation sites excluding steroid dienone is 4. The third kappa shape index (κ3) is 6.06. The standard InChI is InChI=1S/C51H45N3/c1-4-37-16-25-42(26-17-37)54(43-27-18-38(5-2)19-28-43)44-29-22-39(23-30-44)41-21-20-40-24-31-47-45-12-6-7-13-46(45)49-14-9-11-33-53(49)51(47)34-36(3)52-32-10-8-15-50(52)48(40)35-41/h4-23,25-30,32-33,35,47,49-51H,1-3,24,31,34H2. The van der Waals surface area contributed by atoms with E-state index in [0.717, 1.165) is 53.1 Å². The van der Waals surface area contributed by atoms with Crippen LogP contribution in [0.3, 0.4) is 0 Å². The smallest absolute Gasteiger partial charge is 0.0772 e. The van der Waals surface area contributed by atoms with Crippen molar-refractivity contribution in [3.8, 4) is 11.1 Å². The molecule has 9 rings (SSSR count). The van der Waals surface area contributed by atoms with Gasteiger partial charge in [0.1, 0.15) is 0 Å². The monoisotopic (exact) mass is 699 g/mol. The number of hydrogen-bond acceptors (Lipinski definition) is 3. The Morgan fingerprint density at radius 1 is 0.593 bits per heavy atom. The van der Waals surface area contributed by atoms with Crippen LogP contribution in [0, 0.1) is 0 Å². The Balaban J connectivity index is 1.08. The minimum atomic E-state index is 0.0873. The lowest BCUT2D eigenvalue weighted by Crippen LogP contribution is -2.45. The summed E-state index contributed by atoms with van der Waals surface area (Å²) < 4.78 is 0. The van der Waals surface area contributed by atoms with Crippen LogP contribution in [0.4, 0.5) is 17.1 Å². The highest BCUT2D eigenvalue weighted by Crippen LogP contribution is 2.48. The molecule has 5 aromatic rings. The summed E-state index contributed by atoms with van der Waals surface area (Å²) in [6.07, 6.45) is 24.7. The average molecular weight is 700 g/mol. The Hall–Kier alpha value is -6.32. The molecule has 0 saturated carbocycles. The van der Waals surface area contributed by atoms with Crippen molar-refractivity contribution in [3.05, 3.63) is 223 Å². The molecule has 264 valence electrons. The van der Waals surface area contributed by atoms with Gasteiger partial charge in [0, 0.05) is 53.5 Å². The lowest BCUT2D eigenvalue weighted by molar-refractivity contribution is 0.164. The second-order valence-corrected chi connectivity index (χ2v) is 14.7. The largest absolute Gasteiger partial charge is 0.363 e. The lowest BCUT2D eigenvalue weighted by Gasteiger charge is -2.49. The van der Waals surface area contributed by atoms with Gasteiger partial charge < -0.3 is 14.7 Å². The van der Waals surface area contributed by atoms with Gasteiger partial charge in [-0.15, -0.1) is 0 Å². The van der Waals surface area contributed by atoms with Crippen molar-refractivity contribution < 1.29 is 0 Å². The third-order valence-electron chi connectivity index (χ3n) is 11.7. The predicted octanol–water partition coefficient (Wildman–Crippen LogP) is 13.0. The first kappa shape index (κ1) is 33.5. The summed E-state index contributed by atoms with van der Waals surface area (Å²) in [5, 5.41) is 0. The normalized spacial score (nSPS) is 20.9. The Labute approximate surface area is 320 Å². The van der Waals surface area contributed by atoms with E-state index in [-0.39, 0.29) is 12.1 Å². The molecule has 0 bridgehead atoms. The first-order valence-electron chi connectivity index (χ1n) is 19.1. The third-order valence-corrected chi connectivity index (χ3v) is 11.7. The molecule has 3 nitrogen and oxygen atoms in total. The van der Waals surface area contributed by atoms with E-state index >= 15 is 0 Å². The zero-order valence-electron chi connectivity index (χ0n) is 30.6. The summed E-state index contributed by atoms with van der Waals surface area (Å²) in [5.41, 5.74) is 14.7. The molecule has 0 aromatic heterocycles. The number of nitrogens with zero attached hydrogens (tertiary/aromatic N) is 3. The molecule has 0 radical (unpaired) electrons. The zero-order chi connectivity index (χ0) is 36.6. The Bertz CT molecular complexity index is 2290. The summed E-state index contributed by atoms with van der Waals surface area (Å²) >= 11 is 0. The molecule has 4 heterocycles. The predicted molar refractivity (Wildman–Crippen MR) is 228 cm³/mol. The van der Waals surface area contributed by atoms with Gasteiger partial charge in [0.2, 0.25) is 0 Å². The summed E-state index contributed by atoms with van der Waals surface area (Å²) in [4.78, 5) is 7.31. The molecule has 54 heavy (non-hydrogen) atoms. The van der Waals surface area contributed by atoms with E-state index in [9.17, 15) is 0 Å². The topological polar surface area (TPSA) is 9.72 Å². The van der Waals surface area contributed by atoms with Gasteiger partial charge in [-0.3, -0.25) is 0 Å². The van der Waals surface area contributed by atoms with Crippen LogP contribution in [0.1, 0.15) is 64.2 Å². The van der Waals surface area contributed by atoms with Crippen molar-refractivity contribution in [3.63, 3.8) is 0 Å². The quantitative estimate of drug-likeness (QED) is 0.175. The van der Waals surface area contributed by atoms with E-state index in [2.05, 4.69) is 192 Å². The van der Waals surface area contributed by atoms with Crippen LogP contribution in [0.5, 0.6) is 0 Å². The number of benzene rings is 5. The highest BCUT2D eigenvalue weighted by molar-refractivity contribution is 5.79. The minimum absolute atomic E-state index is 0.0873. The number of rotatable bonds is 6. The maximum atomic E-state index is 4.76. The molecule has 4 aliphatic heterocycles. The van der Waals surface area contributed by atoms with Gasteiger partial charge in [0.05, 0.1) is 12.1 Å². The van der Waals surface area contributed by atoms with Crippen molar-refractivity contribution in [1.82, 2.24) is 9.80 Å². The molecule has 0 fully saturated rings. The van der Waals surface area contributed by atoms with Gasteiger partial charge >= 0.3 is 0 Å². The van der Waals surface area contributed by atoms with E-state index < -0.39 is 0 Å². The van der Waals surface area contributed by atoms with Crippen LogP contribution < -0.4 is 4.90 Å². The molecule has 5 aromatic carbocycles. The lowest BCUT2D eigenvalue weighted by atomic mass is 9.74. The summed E-state index contributed by atoms with van der Waals surface area (Å²) in [6.45, 7) is 12.7. The van der Waals surface area contributed by atoms with Crippen LogP contribution in [-0.4, -0.2) is 15.8 Å². The second kappa shape index (κ2) is 14.2. The highest BCUT2D eigenvalue weighted by Gasteiger charge is 2.40. The summed E-state index contributed by atoms with van der Waals surface area (Å²) in [5.74, 6) is 0.398. The van der Waals surface area contributed by atoms with Crippen LogP contribution in [0.15, 0.2) is 190 Å². The van der Waals surface area contributed by atoms with Crippen LogP contribution in [0.2, 0.25) is 0 Å². The Kier molecular flexibility index (Phi) is 8.84. The highest BCUT2D eigenvalue weighted by atomic mass is 15.2. The van der Waals surface area contributed by atoms with Crippen LogP contribution in [-0.2, 0) is 6.42 Å². The fraction of sp³-hybridized carbons (Fsp3) is 0.137. The molecule has 4 unspecified atom stereocenters. The zero-order valence-corrected chi connectivity index (χ0v) is 30.6. The van der Waals surface area contributed by atoms with Gasteiger partial charge in [-0.25, -0.2) is 0 Å². The molecule has 4 atom stereocenters. The van der Waals surface area contributed by atoms with E-state index in [0.29, 0.717) is 12.0 Å². The fourth-order valence-corrected chi connectivity index (χ4v) is 8.98. The summed E-state index contributed by atoms with van der Waals surface area (Å²) in [7, 11) is 0. The number of fused-ring (bicyclic) bond motifs is 9. The first-order valence-corrected chi connectivity index (χ1v) is 19.1. The SMILES string of the molecule is C=Cc1ccc(N(c2ccc(C=C)cc2)c2ccc(-c3ccc4c(c3)C3C=CC=CN3C(=C)CC3C(CC4)c4ccccc4C4C=CC=CN43)cc2)cc1. The molecule has 4 aliphatic rings. The number of hydrogen-bond donors (Lipinski definition) is 0. The van der Waals surface area contributed by atoms with Crippen molar-refractivity contribution in [1.29, 1.82) is 0 Å². The first-order chi connectivity index (χ1) is 26.6. The van der Waals surface area contributed by atoms with Crippen molar-refractivity contribution in [2.75, 3.05) is 4.90 Å². The van der Waals surface area contributed by atoms with Crippen LogP contribution in [0.25, 0.3) is 23.3 Å². The summed E-state index contributed by atoms with van der Waals surface area (Å²) in [6, 6.07) is 43.0. The van der Waals surface area contributed by atoms with Gasteiger partial charge in [-0.2, -0.15) is 0 Å². The average Bonchev–Trinajstić information content (AvgIpc) is 3.24. The van der Waals surface area contributed by atoms with Crippen molar-refractivity contribution in [2.24, 2.45) is 0 Å². The second-order valence-electron chi connectivity index (χ2n) is 14.7. The molecule has 0 N–H and O–H groups in total. The Morgan fingerprint density at radius 2 is 1.19 bits per heavy atom. The van der Waals surface area contributed by atoms with E-state index in [1.165, 1.54) is 33.4 Å². The number of anilines is 3. The van der Waals surface area contributed by atoms with Gasteiger partial charge in [0.25, 0.3) is 0 Å².